The van der Waals surface area contributed by atoms with Crippen LogP contribution < -0.4 is 5.32 Å². The Kier molecular flexibility index (Phi) is 3.59. The van der Waals surface area contributed by atoms with Crippen molar-refractivity contribution in [1.82, 2.24) is 5.32 Å². The first-order valence-electron chi connectivity index (χ1n) is 5.33. The van der Waals surface area contributed by atoms with E-state index in [0.717, 1.165) is 18.7 Å². The highest BCUT2D eigenvalue weighted by Crippen LogP contribution is 2.25. The van der Waals surface area contributed by atoms with E-state index in [1.165, 1.54) is 9.75 Å². The Labute approximate surface area is 97.5 Å². The van der Waals surface area contributed by atoms with E-state index in [4.69, 9.17) is 0 Å². The van der Waals surface area contributed by atoms with Crippen molar-refractivity contribution in [2.45, 2.75) is 31.6 Å². The summed E-state index contributed by atoms with van der Waals surface area (Å²) in [6.45, 7) is 5.18. The van der Waals surface area contributed by atoms with E-state index in [1.54, 1.807) is 0 Å². The molecule has 1 aliphatic heterocycles. The maximum atomic E-state index is 11.9. The first-order valence-corrected chi connectivity index (χ1v) is 7.53. The molecule has 3 unspecified atom stereocenters. The SMILES string of the molecule is Cc1ccc(C2CS(=O)C(C)CCN2)s1. The van der Waals surface area contributed by atoms with Gasteiger partial charge in [-0.3, -0.25) is 4.21 Å². The molecule has 1 aromatic heterocycles. The minimum absolute atomic E-state index is 0.300. The standard InChI is InChI=1S/C11H17NOS2/c1-8-3-4-11(14-8)10-7-15(13)9(2)5-6-12-10/h3-4,9-10,12H,5-7H2,1-2H3. The van der Waals surface area contributed by atoms with Crippen molar-refractivity contribution < 1.29 is 4.21 Å². The largest absolute Gasteiger partial charge is 0.308 e. The summed E-state index contributed by atoms with van der Waals surface area (Å²) in [7, 11) is -0.679. The summed E-state index contributed by atoms with van der Waals surface area (Å²) < 4.78 is 11.9. The zero-order valence-corrected chi connectivity index (χ0v) is 10.8. The van der Waals surface area contributed by atoms with E-state index < -0.39 is 10.8 Å². The summed E-state index contributed by atoms with van der Waals surface area (Å²) in [6.07, 6.45) is 1.02. The predicted octanol–water partition coefficient (Wildman–Crippen LogP) is 2.23. The van der Waals surface area contributed by atoms with Crippen LogP contribution in [0.4, 0.5) is 0 Å². The van der Waals surface area contributed by atoms with Crippen molar-refractivity contribution in [3.63, 3.8) is 0 Å². The van der Waals surface area contributed by atoms with Gasteiger partial charge in [0.05, 0.1) is 6.04 Å². The first-order chi connectivity index (χ1) is 7.16. The zero-order chi connectivity index (χ0) is 10.8. The molecule has 2 nitrogen and oxygen atoms in total. The molecule has 1 aromatic rings. The van der Waals surface area contributed by atoms with Crippen molar-refractivity contribution in [3.8, 4) is 0 Å². The van der Waals surface area contributed by atoms with E-state index >= 15 is 0 Å². The van der Waals surface area contributed by atoms with Crippen LogP contribution in [-0.2, 0) is 10.8 Å². The van der Waals surface area contributed by atoms with Crippen LogP contribution in [0.2, 0.25) is 0 Å². The normalized spacial score (nSPS) is 32.5. The second-order valence-electron chi connectivity index (χ2n) is 4.10. The average molecular weight is 243 g/mol. The number of nitrogens with one attached hydrogen (secondary N) is 1. The summed E-state index contributed by atoms with van der Waals surface area (Å²) in [5.74, 6) is 0.765. The van der Waals surface area contributed by atoms with Gasteiger partial charge in [-0.1, -0.05) is 6.92 Å². The number of aryl methyl sites for hydroxylation is 1. The molecule has 84 valence electrons. The highest BCUT2D eigenvalue weighted by Gasteiger charge is 2.23. The van der Waals surface area contributed by atoms with Gasteiger partial charge in [-0.15, -0.1) is 11.3 Å². The molecule has 1 saturated heterocycles. The molecule has 0 bridgehead atoms. The van der Waals surface area contributed by atoms with Gasteiger partial charge in [0.1, 0.15) is 0 Å². The van der Waals surface area contributed by atoms with Crippen molar-refractivity contribution in [1.29, 1.82) is 0 Å². The van der Waals surface area contributed by atoms with Gasteiger partial charge in [-0.2, -0.15) is 0 Å². The van der Waals surface area contributed by atoms with Crippen molar-refractivity contribution in [2.75, 3.05) is 12.3 Å². The Morgan fingerprint density at radius 3 is 3.00 bits per heavy atom. The van der Waals surface area contributed by atoms with Gasteiger partial charge in [-0.25, -0.2) is 0 Å². The smallest absolute Gasteiger partial charge is 0.0531 e. The van der Waals surface area contributed by atoms with Crippen LogP contribution in [0.15, 0.2) is 12.1 Å². The second-order valence-corrected chi connectivity index (χ2v) is 7.32. The number of rotatable bonds is 1. The van der Waals surface area contributed by atoms with Crippen LogP contribution in [0.1, 0.15) is 29.1 Å². The topological polar surface area (TPSA) is 29.1 Å². The first kappa shape index (κ1) is 11.3. The minimum Gasteiger partial charge on any atom is -0.308 e. The molecule has 2 heterocycles. The molecule has 1 fully saturated rings. The van der Waals surface area contributed by atoms with Crippen molar-refractivity contribution in [3.05, 3.63) is 21.9 Å². The van der Waals surface area contributed by atoms with Crippen molar-refractivity contribution >= 4 is 22.1 Å². The zero-order valence-electron chi connectivity index (χ0n) is 9.16. The molecule has 3 atom stereocenters. The number of hydrogen-bond acceptors (Lipinski definition) is 3. The molecule has 0 radical (unpaired) electrons. The fourth-order valence-corrected chi connectivity index (χ4v) is 4.20. The molecular weight excluding hydrogens is 226 g/mol. The molecule has 0 saturated carbocycles. The molecule has 15 heavy (non-hydrogen) atoms. The molecule has 2 rings (SSSR count). The monoisotopic (exact) mass is 243 g/mol. The van der Waals surface area contributed by atoms with Gasteiger partial charge in [0, 0.05) is 31.6 Å². The lowest BCUT2D eigenvalue weighted by molar-refractivity contribution is 0.585. The summed E-state index contributed by atoms with van der Waals surface area (Å²) in [5, 5.41) is 3.83. The Hall–Kier alpha value is -0.190. The lowest BCUT2D eigenvalue weighted by atomic mass is 10.2. The molecule has 0 aliphatic carbocycles. The number of thiophene rings is 1. The minimum atomic E-state index is -0.679. The predicted molar refractivity (Wildman–Crippen MR) is 66.9 cm³/mol. The van der Waals surface area contributed by atoms with E-state index in [-0.39, 0.29) is 0 Å². The van der Waals surface area contributed by atoms with E-state index in [1.807, 2.05) is 11.3 Å². The second kappa shape index (κ2) is 4.76. The number of hydrogen-bond donors (Lipinski definition) is 1. The van der Waals surface area contributed by atoms with Gasteiger partial charge >= 0.3 is 0 Å². The van der Waals surface area contributed by atoms with Crippen LogP contribution in [-0.4, -0.2) is 21.8 Å². The van der Waals surface area contributed by atoms with E-state index in [2.05, 4.69) is 31.3 Å². The van der Waals surface area contributed by atoms with E-state index in [0.29, 0.717) is 11.3 Å². The maximum absolute atomic E-state index is 11.9. The Bertz CT molecular complexity index is 361. The highest BCUT2D eigenvalue weighted by atomic mass is 32.2. The van der Waals surface area contributed by atoms with E-state index in [9.17, 15) is 4.21 Å². The lowest BCUT2D eigenvalue weighted by Gasteiger charge is -2.12. The van der Waals surface area contributed by atoms with Gasteiger partial charge in [0.2, 0.25) is 0 Å². The molecule has 0 spiro atoms. The Morgan fingerprint density at radius 1 is 1.53 bits per heavy atom. The molecule has 0 amide bonds. The third kappa shape index (κ3) is 2.68. The van der Waals surface area contributed by atoms with Crippen LogP contribution in [0.3, 0.4) is 0 Å². The fourth-order valence-electron chi connectivity index (χ4n) is 1.80. The van der Waals surface area contributed by atoms with Gasteiger partial charge < -0.3 is 5.32 Å². The highest BCUT2D eigenvalue weighted by molar-refractivity contribution is 7.85. The van der Waals surface area contributed by atoms with Crippen LogP contribution in [0, 0.1) is 6.92 Å². The molecule has 1 aliphatic rings. The van der Waals surface area contributed by atoms with Gasteiger partial charge in [0.15, 0.2) is 0 Å². The van der Waals surface area contributed by atoms with Crippen LogP contribution in [0.25, 0.3) is 0 Å². The Balaban J connectivity index is 2.13. The summed E-state index contributed by atoms with van der Waals surface area (Å²) in [5.41, 5.74) is 0. The summed E-state index contributed by atoms with van der Waals surface area (Å²) >= 11 is 1.81. The third-order valence-electron chi connectivity index (χ3n) is 2.83. The maximum Gasteiger partial charge on any atom is 0.0531 e. The average Bonchev–Trinajstić information content (AvgIpc) is 2.55. The van der Waals surface area contributed by atoms with Crippen LogP contribution in [0.5, 0.6) is 0 Å². The summed E-state index contributed by atoms with van der Waals surface area (Å²) in [4.78, 5) is 2.66. The summed E-state index contributed by atoms with van der Waals surface area (Å²) in [6, 6.07) is 4.60. The van der Waals surface area contributed by atoms with Crippen LogP contribution >= 0.6 is 11.3 Å². The molecular formula is C11H17NOS2. The third-order valence-corrected chi connectivity index (χ3v) is 5.74. The Morgan fingerprint density at radius 2 is 2.33 bits per heavy atom. The van der Waals surface area contributed by atoms with Gasteiger partial charge in [0.25, 0.3) is 0 Å². The van der Waals surface area contributed by atoms with Gasteiger partial charge in [-0.05, 0) is 32.0 Å². The fraction of sp³-hybridized carbons (Fsp3) is 0.636. The molecule has 0 aromatic carbocycles. The van der Waals surface area contributed by atoms with Crippen molar-refractivity contribution in [2.24, 2.45) is 0 Å². The molecule has 4 heteroatoms. The quantitative estimate of drug-likeness (QED) is 0.819. The molecule has 1 N–H and O–H groups in total. The lowest BCUT2D eigenvalue weighted by Crippen LogP contribution is -2.22.